The molecule has 0 amide bonds. The van der Waals surface area contributed by atoms with Crippen LogP contribution in [0, 0.1) is 0 Å². The summed E-state index contributed by atoms with van der Waals surface area (Å²) in [5, 5.41) is 0.741. The lowest BCUT2D eigenvalue weighted by Crippen LogP contribution is -2.56. The topological polar surface area (TPSA) is 42.0 Å². The number of fused-ring (bicyclic) bond motifs is 2. The summed E-state index contributed by atoms with van der Waals surface area (Å²) in [6.07, 6.45) is 3.95. The first-order valence-corrected chi connectivity index (χ1v) is 6.52. The van der Waals surface area contributed by atoms with Crippen molar-refractivity contribution in [2.45, 2.75) is 25.9 Å². The molecule has 0 saturated carbocycles. The molecule has 4 heterocycles. The zero-order valence-corrected chi connectivity index (χ0v) is 10.2. The fraction of sp³-hybridized carbons (Fsp3) is 0.462. The van der Waals surface area contributed by atoms with Crippen LogP contribution in [0.2, 0.25) is 0 Å². The van der Waals surface area contributed by atoms with Gasteiger partial charge in [-0.05, 0) is 12.1 Å². The Labute approximate surface area is 104 Å². The number of rotatable bonds is 0. The number of hydrogen-bond donors (Lipinski definition) is 0. The van der Waals surface area contributed by atoms with E-state index in [-0.39, 0.29) is 5.56 Å². The molecule has 5 heteroatoms. The molecule has 2 aromatic heterocycles. The van der Waals surface area contributed by atoms with Crippen LogP contribution in [0.3, 0.4) is 0 Å². The van der Waals surface area contributed by atoms with Crippen molar-refractivity contribution in [3.05, 3.63) is 28.7 Å². The molecule has 0 aromatic carbocycles. The third-order valence-corrected chi connectivity index (χ3v) is 3.90. The van der Waals surface area contributed by atoms with Gasteiger partial charge in [0.15, 0.2) is 0 Å². The molecular weight excluding hydrogens is 228 g/mol. The molecule has 4 rings (SSSR count). The van der Waals surface area contributed by atoms with Crippen LogP contribution in [0.1, 0.15) is 12.8 Å². The number of pyridine rings is 1. The maximum Gasteiger partial charge on any atom is 0.322 e. The van der Waals surface area contributed by atoms with Crippen molar-refractivity contribution in [3.63, 3.8) is 0 Å². The number of aromatic nitrogens is 3. The van der Waals surface area contributed by atoms with Crippen molar-refractivity contribution in [2.24, 2.45) is 0 Å². The average Bonchev–Trinajstić information content (AvgIpc) is 2.44. The second-order valence-electron chi connectivity index (χ2n) is 4.98. The van der Waals surface area contributed by atoms with Gasteiger partial charge >= 0.3 is 11.5 Å². The highest BCUT2D eigenvalue weighted by Crippen LogP contribution is 2.20. The zero-order chi connectivity index (χ0) is 12.1. The maximum absolute atomic E-state index is 12.5. The highest BCUT2D eigenvalue weighted by Gasteiger charge is 2.32. The first-order chi connectivity index (χ1) is 8.86. The molecule has 0 spiro atoms. The van der Waals surface area contributed by atoms with Gasteiger partial charge in [-0.25, -0.2) is 9.13 Å². The Bertz CT molecular complexity index is 689. The summed E-state index contributed by atoms with van der Waals surface area (Å²) in [6.45, 7) is 3.89. The van der Waals surface area contributed by atoms with Crippen LogP contribution in [0.4, 0.5) is 5.95 Å². The summed E-state index contributed by atoms with van der Waals surface area (Å²) in [5.41, 5.74) is 0.941. The molecule has 92 valence electrons. The lowest BCUT2D eigenvalue weighted by Gasteiger charge is -2.32. The summed E-state index contributed by atoms with van der Waals surface area (Å²) in [4.78, 5) is 19.2. The Kier molecular flexibility index (Phi) is 1.98. The Balaban J connectivity index is 2.19. The van der Waals surface area contributed by atoms with Crippen molar-refractivity contribution in [1.29, 1.82) is 0 Å². The van der Waals surface area contributed by atoms with Gasteiger partial charge in [0.2, 0.25) is 5.65 Å². The smallest absolute Gasteiger partial charge is 0.283 e. The second kappa shape index (κ2) is 3.54. The van der Waals surface area contributed by atoms with Gasteiger partial charge in [-0.3, -0.25) is 9.69 Å². The third-order valence-electron chi connectivity index (χ3n) is 3.90. The van der Waals surface area contributed by atoms with Crippen molar-refractivity contribution >= 4 is 17.0 Å². The fourth-order valence-corrected chi connectivity index (χ4v) is 3.16. The first-order valence-electron chi connectivity index (χ1n) is 6.52. The summed E-state index contributed by atoms with van der Waals surface area (Å²) < 4.78 is 4.13. The lowest BCUT2D eigenvalue weighted by molar-refractivity contribution is -0.669. The van der Waals surface area contributed by atoms with E-state index in [9.17, 15) is 4.79 Å². The minimum atomic E-state index is 0.107. The summed E-state index contributed by atoms with van der Waals surface area (Å²) in [7, 11) is 0. The number of nitrogens with zero attached hydrogens (tertiary/aromatic N) is 4. The molecule has 0 bridgehead atoms. The Morgan fingerprint density at radius 3 is 3.06 bits per heavy atom. The van der Waals surface area contributed by atoms with E-state index in [1.807, 2.05) is 16.7 Å². The minimum Gasteiger partial charge on any atom is -0.283 e. The molecule has 0 fully saturated rings. The molecule has 0 unspecified atom stereocenters. The Morgan fingerprint density at radius 1 is 1.22 bits per heavy atom. The third kappa shape index (κ3) is 1.19. The van der Waals surface area contributed by atoms with Crippen LogP contribution in [0.15, 0.2) is 23.1 Å². The molecule has 0 atom stereocenters. The van der Waals surface area contributed by atoms with E-state index in [1.165, 1.54) is 0 Å². The van der Waals surface area contributed by atoms with Gasteiger partial charge in [-0.1, -0.05) is 0 Å². The molecule has 0 aliphatic carbocycles. The van der Waals surface area contributed by atoms with E-state index < -0.39 is 0 Å². The molecule has 0 N–H and O–H groups in total. The average molecular weight is 243 g/mol. The van der Waals surface area contributed by atoms with E-state index in [0.29, 0.717) is 0 Å². The van der Waals surface area contributed by atoms with Crippen LogP contribution in [0.25, 0.3) is 11.0 Å². The van der Waals surface area contributed by atoms with E-state index in [2.05, 4.69) is 14.5 Å². The van der Waals surface area contributed by atoms with Crippen LogP contribution >= 0.6 is 0 Å². The summed E-state index contributed by atoms with van der Waals surface area (Å²) in [6, 6.07) is 3.72. The van der Waals surface area contributed by atoms with Crippen molar-refractivity contribution in [2.75, 3.05) is 18.0 Å². The van der Waals surface area contributed by atoms with E-state index in [4.69, 9.17) is 0 Å². The lowest BCUT2D eigenvalue weighted by atomic mass is 10.2. The quantitative estimate of drug-likeness (QED) is 0.625. The standard InChI is InChI=1S/C13H15N4O/c18-12-10-4-1-5-14-11(10)16-8-2-6-15-7-3-9-17(12)13(15)16/h1,4-5H,2-3,6-9H2/q+1. The van der Waals surface area contributed by atoms with Gasteiger partial charge in [0.25, 0.3) is 0 Å². The van der Waals surface area contributed by atoms with Gasteiger partial charge < -0.3 is 0 Å². The zero-order valence-electron chi connectivity index (χ0n) is 10.2. The fourth-order valence-electron chi connectivity index (χ4n) is 3.16. The number of hydrogen-bond acceptors (Lipinski definition) is 3. The first kappa shape index (κ1) is 10.1. The Hall–Kier alpha value is -1.91. The number of anilines is 1. The maximum atomic E-state index is 12.5. The highest BCUT2D eigenvalue weighted by atomic mass is 16.1. The molecule has 2 aliphatic heterocycles. The van der Waals surface area contributed by atoms with Crippen LogP contribution in [-0.4, -0.2) is 22.6 Å². The minimum absolute atomic E-state index is 0.107. The molecule has 0 saturated heterocycles. The van der Waals surface area contributed by atoms with Gasteiger partial charge in [-0.15, -0.1) is 4.98 Å². The monoisotopic (exact) mass is 243 g/mol. The highest BCUT2D eigenvalue weighted by molar-refractivity contribution is 5.71. The molecule has 5 nitrogen and oxygen atoms in total. The van der Waals surface area contributed by atoms with E-state index >= 15 is 0 Å². The van der Waals surface area contributed by atoms with Crippen LogP contribution in [0.5, 0.6) is 0 Å². The predicted molar refractivity (Wildman–Crippen MR) is 67.6 cm³/mol. The molecule has 2 aromatic rings. The van der Waals surface area contributed by atoms with Gasteiger partial charge in [0.1, 0.15) is 5.39 Å². The molecule has 2 aliphatic rings. The van der Waals surface area contributed by atoms with Crippen molar-refractivity contribution < 1.29 is 4.57 Å². The van der Waals surface area contributed by atoms with Gasteiger partial charge in [-0.2, -0.15) is 0 Å². The van der Waals surface area contributed by atoms with Gasteiger partial charge in [0.05, 0.1) is 32.4 Å². The largest absolute Gasteiger partial charge is 0.322 e. The van der Waals surface area contributed by atoms with Crippen LogP contribution in [-0.2, 0) is 13.1 Å². The Morgan fingerprint density at radius 2 is 2.11 bits per heavy atom. The molecule has 0 radical (unpaired) electrons. The summed E-state index contributed by atoms with van der Waals surface area (Å²) >= 11 is 0. The van der Waals surface area contributed by atoms with Crippen molar-refractivity contribution in [3.8, 4) is 0 Å². The van der Waals surface area contributed by atoms with E-state index in [0.717, 1.165) is 56.0 Å². The SMILES string of the molecule is O=c1c2cccnc2[n+]2c3n1CCCN3CCC2. The van der Waals surface area contributed by atoms with E-state index in [1.54, 1.807) is 6.20 Å². The van der Waals surface area contributed by atoms with Crippen LogP contribution < -0.4 is 15.0 Å². The summed E-state index contributed by atoms with van der Waals surface area (Å²) in [5.74, 6) is 1.06. The molecule has 18 heavy (non-hydrogen) atoms. The normalized spacial score (nSPS) is 17.9. The second-order valence-corrected chi connectivity index (χ2v) is 4.98. The number of aryl methyl sites for hydroxylation is 1. The van der Waals surface area contributed by atoms with Gasteiger partial charge in [0, 0.05) is 12.8 Å². The predicted octanol–water partition coefficient (Wildman–Crippen LogP) is 0.298. The molecular formula is C13H15N4O+. The van der Waals surface area contributed by atoms with Crippen molar-refractivity contribution in [1.82, 2.24) is 9.55 Å².